The highest BCUT2D eigenvalue weighted by Crippen LogP contribution is 2.23. The minimum absolute atomic E-state index is 0.0792. The molecule has 4 rings (SSSR count). The van der Waals surface area contributed by atoms with Gasteiger partial charge in [0.25, 0.3) is 0 Å². The van der Waals surface area contributed by atoms with Crippen molar-refractivity contribution in [3.8, 4) is 0 Å². The minimum atomic E-state index is 0.0792. The Kier molecular flexibility index (Phi) is 6.26. The molecule has 2 fully saturated rings. The summed E-state index contributed by atoms with van der Waals surface area (Å²) in [6.07, 6.45) is 4.24. The quantitative estimate of drug-likeness (QED) is 0.730. The van der Waals surface area contributed by atoms with E-state index in [-0.39, 0.29) is 5.78 Å². The van der Waals surface area contributed by atoms with Crippen LogP contribution in [-0.4, -0.2) is 65.9 Å². The molecular weight excluding hydrogens is 360 g/mol. The summed E-state index contributed by atoms with van der Waals surface area (Å²) in [7, 11) is 0. The minimum Gasteiger partial charge on any atom is -0.354 e. The van der Waals surface area contributed by atoms with Gasteiger partial charge in [0.15, 0.2) is 5.78 Å². The fraction of sp³-hybridized carbons (Fsp3) is 0.500. The van der Waals surface area contributed by atoms with Crippen LogP contribution in [0, 0.1) is 6.92 Å². The SMILES string of the molecule is CC(=O)c1cnc(N2CCN(C3CCN(Cc4ccccc4)CC3)CC2)c(C)c1. The lowest BCUT2D eigenvalue weighted by molar-refractivity contribution is 0.0996. The molecule has 0 atom stereocenters. The van der Waals surface area contributed by atoms with Gasteiger partial charge in [-0.15, -0.1) is 0 Å². The van der Waals surface area contributed by atoms with E-state index in [9.17, 15) is 4.79 Å². The molecule has 1 aromatic carbocycles. The summed E-state index contributed by atoms with van der Waals surface area (Å²) in [4.78, 5) is 23.8. The number of piperazine rings is 1. The van der Waals surface area contributed by atoms with Crippen LogP contribution in [0.4, 0.5) is 5.82 Å². The molecular formula is C24H32N4O. The summed E-state index contributed by atoms with van der Waals surface area (Å²) in [5.74, 6) is 1.11. The third kappa shape index (κ3) is 4.85. The van der Waals surface area contributed by atoms with E-state index in [1.165, 1.54) is 31.5 Å². The van der Waals surface area contributed by atoms with Gasteiger partial charge < -0.3 is 4.90 Å². The Labute approximate surface area is 174 Å². The lowest BCUT2D eigenvalue weighted by Crippen LogP contribution is -2.53. The molecule has 0 amide bonds. The van der Waals surface area contributed by atoms with E-state index >= 15 is 0 Å². The van der Waals surface area contributed by atoms with E-state index in [1.807, 2.05) is 6.07 Å². The molecule has 5 nitrogen and oxygen atoms in total. The van der Waals surface area contributed by atoms with Gasteiger partial charge in [0.05, 0.1) is 0 Å². The highest BCUT2D eigenvalue weighted by atomic mass is 16.1. The van der Waals surface area contributed by atoms with Crippen LogP contribution in [0.5, 0.6) is 0 Å². The van der Waals surface area contributed by atoms with Crippen LogP contribution < -0.4 is 4.90 Å². The molecule has 0 unspecified atom stereocenters. The van der Waals surface area contributed by atoms with Gasteiger partial charge in [-0.05, 0) is 57.0 Å². The van der Waals surface area contributed by atoms with Crippen molar-refractivity contribution in [3.05, 3.63) is 59.3 Å². The number of piperidine rings is 1. The normalized spacial score (nSPS) is 19.4. The Morgan fingerprint density at radius 3 is 2.34 bits per heavy atom. The van der Waals surface area contributed by atoms with Crippen LogP contribution >= 0.6 is 0 Å². The van der Waals surface area contributed by atoms with Crippen molar-refractivity contribution in [2.45, 2.75) is 39.3 Å². The van der Waals surface area contributed by atoms with Gasteiger partial charge in [-0.2, -0.15) is 0 Å². The average Bonchev–Trinajstić information content (AvgIpc) is 2.75. The highest BCUT2D eigenvalue weighted by molar-refractivity contribution is 5.94. The first-order valence-corrected chi connectivity index (χ1v) is 10.8. The first-order valence-electron chi connectivity index (χ1n) is 10.8. The maximum absolute atomic E-state index is 11.6. The Balaban J connectivity index is 1.27. The molecule has 2 aliphatic rings. The standard InChI is InChI=1S/C24H32N4O/c1-19-16-22(20(2)29)17-25-24(19)28-14-12-27(13-15-28)23-8-10-26(11-9-23)18-21-6-4-3-5-7-21/h3-7,16-17,23H,8-15,18H2,1-2H3. The summed E-state index contributed by atoms with van der Waals surface area (Å²) < 4.78 is 0. The number of hydrogen-bond donors (Lipinski definition) is 0. The zero-order valence-corrected chi connectivity index (χ0v) is 17.7. The van der Waals surface area contributed by atoms with Gasteiger partial charge in [-0.1, -0.05) is 30.3 Å². The Morgan fingerprint density at radius 2 is 1.72 bits per heavy atom. The number of aromatic nitrogens is 1. The number of carbonyl (C=O) groups is 1. The number of ketones is 1. The lowest BCUT2D eigenvalue weighted by Gasteiger charge is -2.43. The Bertz CT molecular complexity index is 822. The fourth-order valence-corrected chi connectivity index (χ4v) is 4.67. The summed E-state index contributed by atoms with van der Waals surface area (Å²) in [5, 5.41) is 0. The first kappa shape index (κ1) is 20.0. The van der Waals surface area contributed by atoms with Crippen molar-refractivity contribution in [1.29, 1.82) is 0 Å². The molecule has 154 valence electrons. The van der Waals surface area contributed by atoms with E-state index in [2.05, 4.69) is 56.9 Å². The van der Waals surface area contributed by atoms with Gasteiger partial charge in [0.1, 0.15) is 5.82 Å². The zero-order valence-electron chi connectivity index (χ0n) is 17.7. The number of hydrogen-bond acceptors (Lipinski definition) is 5. The van der Waals surface area contributed by atoms with Crippen molar-refractivity contribution in [2.24, 2.45) is 0 Å². The number of benzene rings is 1. The van der Waals surface area contributed by atoms with Crippen molar-refractivity contribution in [1.82, 2.24) is 14.8 Å². The molecule has 29 heavy (non-hydrogen) atoms. The van der Waals surface area contributed by atoms with Crippen LogP contribution in [0.25, 0.3) is 0 Å². The van der Waals surface area contributed by atoms with Crippen LogP contribution in [0.2, 0.25) is 0 Å². The summed E-state index contributed by atoms with van der Waals surface area (Å²) in [6.45, 7) is 11.3. The van der Waals surface area contributed by atoms with Crippen molar-refractivity contribution in [2.75, 3.05) is 44.2 Å². The maximum atomic E-state index is 11.6. The Hall–Kier alpha value is -2.24. The van der Waals surface area contributed by atoms with E-state index in [4.69, 9.17) is 0 Å². The molecule has 0 radical (unpaired) electrons. The fourth-order valence-electron chi connectivity index (χ4n) is 4.67. The van der Waals surface area contributed by atoms with E-state index < -0.39 is 0 Å². The monoisotopic (exact) mass is 392 g/mol. The molecule has 2 saturated heterocycles. The van der Waals surface area contributed by atoms with Crippen molar-refractivity contribution < 1.29 is 4.79 Å². The van der Waals surface area contributed by atoms with Gasteiger partial charge in [-0.25, -0.2) is 4.98 Å². The number of likely N-dealkylation sites (tertiary alicyclic amines) is 1. The molecule has 2 aromatic rings. The average molecular weight is 393 g/mol. The van der Waals surface area contributed by atoms with Gasteiger partial charge in [-0.3, -0.25) is 14.6 Å². The van der Waals surface area contributed by atoms with Crippen LogP contribution in [0.1, 0.15) is 41.3 Å². The van der Waals surface area contributed by atoms with Gasteiger partial charge in [0, 0.05) is 50.5 Å². The Morgan fingerprint density at radius 1 is 1.03 bits per heavy atom. The molecule has 0 aliphatic carbocycles. The molecule has 0 spiro atoms. The second-order valence-corrected chi connectivity index (χ2v) is 8.44. The first-order chi connectivity index (χ1) is 14.1. The lowest BCUT2D eigenvalue weighted by atomic mass is 10.0. The molecule has 0 saturated carbocycles. The van der Waals surface area contributed by atoms with E-state index in [0.29, 0.717) is 11.6 Å². The second-order valence-electron chi connectivity index (χ2n) is 8.44. The largest absolute Gasteiger partial charge is 0.354 e. The van der Waals surface area contributed by atoms with Crippen molar-refractivity contribution in [3.63, 3.8) is 0 Å². The van der Waals surface area contributed by atoms with Crippen LogP contribution in [0.15, 0.2) is 42.6 Å². The number of Topliss-reactive ketones (excluding diaryl/α,β-unsaturated/α-hetero) is 1. The number of rotatable bonds is 5. The molecule has 0 N–H and O–H groups in total. The summed E-state index contributed by atoms with van der Waals surface area (Å²) in [5.41, 5.74) is 3.21. The maximum Gasteiger partial charge on any atom is 0.161 e. The number of aryl methyl sites for hydroxylation is 1. The third-order valence-electron chi connectivity index (χ3n) is 6.39. The van der Waals surface area contributed by atoms with E-state index in [0.717, 1.165) is 44.1 Å². The summed E-state index contributed by atoms with van der Waals surface area (Å²) in [6, 6.07) is 13.5. The number of nitrogens with zero attached hydrogens (tertiary/aromatic N) is 4. The molecule has 0 bridgehead atoms. The topological polar surface area (TPSA) is 39.7 Å². The predicted molar refractivity (Wildman–Crippen MR) is 118 cm³/mol. The highest BCUT2D eigenvalue weighted by Gasteiger charge is 2.28. The van der Waals surface area contributed by atoms with Crippen LogP contribution in [0.3, 0.4) is 0 Å². The number of anilines is 1. The van der Waals surface area contributed by atoms with Crippen LogP contribution in [-0.2, 0) is 6.54 Å². The number of carbonyl (C=O) groups excluding carboxylic acids is 1. The number of pyridine rings is 1. The molecule has 1 aromatic heterocycles. The second kappa shape index (κ2) is 9.06. The third-order valence-corrected chi connectivity index (χ3v) is 6.39. The van der Waals surface area contributed by atoms with Crippen molar-refractivity contribution >= 4 is 11.6 Å². The van der Waals surface area contributed by atoms with E-state index in [1.54, 1.807) is 13.1 Å². The predicted octanol–water partition coefficient (Wildman–Crippen LogP) is 3.38. The van der Waals surface area contributed by atoms with Gasteiger partial charge in [0.2, 0.25) is 0 Å². The molecule has 5 heteroatoms. The smallest absolute Gasteiger partial charge is 0.161 e. The van der Waals surface area contributed by atoms with Gasteiger partial charge >= 0.3 is 0 Å². The summed E-state index contributed by atoms with van der Waals surface area (Å²) >= 11 is 0. The molecule has 2 aliphatic heterocycles. The zero-order chi connectivity index (χ0) is 20.2. The molecule has 3 heterocycles.